The molecule has 3 heteroatoms. The van der Waals surface area contributed by atoms with Crippen molar-refractivity contribution in [3.8, 4) is 0 Å². The van der Waals surface area contributed by atoms with Crippen molar-refractivity contribution in [2.45, 2.75) is 57.1 Å². The summed E-state index contributed by atoms with van der Waals surface area (Å²) in [5.74, 6) is 2.20. The monoisotopic (exact) mass is 333 g/mol. The number of amides is 1. The summed E-state index contributed by atoms with van der Waals surface area (Å²) in [7, 11) is 0. The molecule has 0 heterocycles. The molecule has 0 fully saturated rings. The van der Waals surface area contributed by atoms with E-state index in [1.165, 1.54) is 37.7 Å². The first-order valence-electron chi connectivity index (χ1n) is 8.82. The second kappa shape index (κ2) is 14.4. The minimum Gasteiger partial charge on any atom is -0.355 e. The minimum atomic E-state index is 0.206. The van der Waals surface area contributed by atoms with Gasteiger partial charge in [-0.15, -0.1) is 6.58 Å². The van der Waals surface area contributed by atoms with Gasteiger partial charge in [0.05, 0.1) is 0 Å². The fourth-order valence-corrected chi connectivity index (χ4v) is 3.22. The molecule has 0 atom stereocenters. The Kier molecular flexibility index (Phi) is 12.4. The minimum absolute atomic E-state index is 0.206. The highest BCUT2D eigenvalue weighted by Gasteiger charge is 2.00. The van der Waals surface area contributed by atoms with Crippen LogP contribution in [0.3, 0.4) is 0 Å². The van der Waals surface area contributed by atoms with E-state index in [4.69, 9.17) is 0 Å². The summed E-state index contributed by atoms with van der Waals surface area (Å²) in [6, 6.07) is 10.5. The molecule has 2 nitrogen and oxygen atoms in total. The highest BCUT2D eigenvalue weighted by atomic mass is 32.2. The van der Waals surface area contributed by atoms with Gasteiger partial charge in [0, 0.05) is 24.5 Å². The molecule has 23 heavy (non-hydrogen) atoms. The lowest BCUT2D eigenvalue weighted by Gasteiger charge is -2.05. The van der Waals surface area contributed by atoms with E-state index >= 15 is 0 Å². The van der Waals surface area contributed by atoms with E-state index in [9.17, 15) is 4.79 Å². The van der Waals surface area contributed by atoms with Crippen LogP contribution in [0.4, 0.5) is 0 Å². The van der Waals surface area contributed by atoms with Crippen LogP contribution in [0, 0.1) is 0 Å². The number of benzene rings is 1. The van der Waals surface area contributed by atoms with Gasteiger partial charge < -0.3 is 5.32 Å². The maximum atomic E-state index is 11.7. The maximum absolute atomic E-state index is 11.7. The first kappa shape index (κ1) is 19.8. The van der Waals surface area contributed by atoms with E-state index in [0.717, 1.165) is 30.9 Å². The molecule has 0 aliphatic heterocycles. The van der Waals surface area contributed by atoms with Crippen molar-refractivity contribution < 1.29 is 4.79 Å². The van der Waals surface area contributed by atoms with Crippen molar-refractivity contribution >= 4 is 17.7 Å². The van der Waals surface area contributed by atoms with Gasteiger partial charge in [-0.3, -0.25) is 4.79 Å². The third-order valence-electron chi connectivity index (χ3n) is 3.74. The molecule has 0 aliphatic rings. The lowest BCUT2D eigenvalue weighted by atomic mass is 10.1. The molecule has 1 amide bonds. The smallest absolute Gasteiger partial charge is 0.220 e. The zero-order chi connectivity index (χ0) is 16.6. The van der Waals surface area contributed by atoms with Crippen molar-refractivity contribution in [3.63, 3.8) is 0 Å². The number of thioether (sulfide) groups is 1. The third kappa shape index (κ3) is 11.9. The number of hydrogen-bond donors (Lipinski definition) is 1. The summed E-state index contributed by atoms with van der Waals surface area (Å²) in [6.45, 7) is 4.51. The summed E-state index contributed by atoms with van der Waals surface area (Å²) in [4.78, 5) is 11.7. The van der Waals surface area contributed by atoms with E-state index in [2.05, 4.69) is 36.2 Å². The highest BCUT2D eigenvalue weighted by Crippen LogP contribution is 2.11. The predicted molar refractivity (Wildman–Crippen MR) is 103 cm³/mol. The highest BCUT2D eigenvalue weighted by molar-refractivity contribution is 7.98. The summed E-state index contributed by atoms with van der Waals surface area (Å²) in [5.41, 5.74) is 1.34. The van der Waals surface area contributed by atoms with Crippen LogP contribution in [0.5, 0.6) is 0 Å². The van der Waals surface area contributed by atoms with Gasteiger partial charge in [-0.2, -0.15) is 11.8 Å². The number of allylic oxidation sites excluding steroid dienone is 1. The van der Waals surface area contributed by atoms with Gasteiger partial charge in [0.2, 0.25) is 5.91 Å². The van der Waals surface area contributed by atoms with Crippen molar-refractivity contribution in [1.29, 1.82) is 0 Å². The SMILES string of the molecule is C=CCCCCCCCCC(=O)NCCSCc1ccccc1. The van der Waals surface area contributed by atoms with E-state index in [1.54, 1.807) is 0 Å². The third-order valence-corrected chi connectivity index (χ3v) is 4.77. The molecule has 0 aromatic heterocycles. The van der Waals surface area contributed by atoms with E-state index < -0.39 is 0 Å². The standard InChI is InChI=1S/C20H31NOS/c1-2-3-4-5-6-7-8-12-15-20(22)21-16-17-23-18-19-13-10-9-11-14-19/h2,9-11,13-14H,1,3-8,12,15-18H2,(H,21,22). The zero-order valence-corrected chi connectivity index (χ0v) is 15.1. The molecular formula is C20H31NOS. The Hall–Kier alpha value is -1.22. The largest absolute Gasteiger partial charge is 0.355 e. The number of unbranched alkanes of at least 4 members (excludes halogenated alkanes) is 6. The lowest BCUT2D eigenvalue weighted by molar-refractivity contribution is -0.121. The molecule has 1 aromatic carbocycles. The summed E-state index contributed by atoms with van der Waals surface area (Å²) < 4.78 is 0. The molecule has 1 rings (SSSR count). The number of carbonyl (C=O) groups is 1. The van der Waals surface area contributed by atoms with Crippen LogP contribution in [-0.4, -0.2) is 18.2 Å². The van der Waals surface area contributed by atoms with Crippen molar-refractivity contribution in [1.82, 2.24) is 5.32 Å². The Morgan fingerprint density at radius 3 is 2.48 bits per heavy atom. The fourth-order valence-electron chi connectivity index (χ4n) is 2.40. The molecule has 1 aromatic rings. The molecule has 0 radical (unpaired) electrons. The van der Waals surface area contributed by atoms with Crippen LogP contribution in [0.2, 0.25) is 0 Å². The topological polar surface area (TPSA) is 29.1 Å². The van der Waals surface area contributed by atoms with E-state index in [-0.39, 0.29) is 5.91 Å². The average molecular weight is 334 g/mol. The first-order chi connectivity index (χ1) is 11.3. The number of rotatable bonds is 14. The Bertz CT molecular complexity index is 419. The Labute approximate surface area is 146 Å². The fraction of sp³-hybridized carbons (Fsp3) is 0.550. The van der Waals surface area contributed by atoms with Crippen LogP contribution in [-0.2, 0) is 10.5 Å². The molecule has 0 saturated carbocycles. The van der Waals surface area contributed by atoms with Gasteiger partial charge in [-0.25, -0.2) is 0 Å². The Morgan fingerprint density at radius 2 is 1.74 bits per heavy atom. The molecule has 0 spiro atoms. The summed E-state index contributed by atoms with van der Waals surface area (Å²) >= 11 is 1.87. The van der Waals surface area contributed by atoms with Gasteiger partial charge in [0.25, 0.3) is 0 Å². The van der Waals surface area contributed by atoms with Crippen molar-refractivity contribution in [2.75, 3.05) is 12.3 Å². The van der Waals surface area contributed by atoms with E-state index in [1.807, 2.05) is 23.9 Å². The van der Waals surface area contributed by atoms with Gasteiger partial charge >= 0.3 is 0 Å². The molecule has 0 saturated heterocycles. The second-order valence-electron chi connectivity index (χ2n) is 5.84. The normalized spacial score (nSPS) is 10.4. The Morgan fingerprint density at radius 1 is 1.04 bits per heavy atom. The number of nitrogens with one attached hydrogen (secondary N) is 1. The quantitative estimate of drug-likeness (QED) is 0.367. The summed E-state index contributed by atoms with van der Waals surface area (Å²) in [5, 5.41) is 3.02. The summed E-state index contributed by atoms with van der Waals surface area (Å²) in [6.07, 6.45) is 11.1. The average Bonchev–Trinajstić information content (AvgIpc) is 2.58. The van der Waals surface area contributed by atoms with Gasteiger partial charge in [0.1, 0.15) is 0 Å². The maximum Gasteiger partial charge on any atom is 0.220 e. The number of hydrogen-bond acceptors (Lipinski definition) is 2. The van der Waals surface area contributed by atoms with Crippen LogP contribution < -0.4 is 5.32 Å². The van der Waals surface area contributed by atoms with Crippen LogP contribution >= 0.6 is 11.8 Å². The van der Waals surface area contributed by atoms with Crippen LogP contribution in [0.15, 0.2) is 43.0 Å². The zero-order valence-electron chi connectivity index (χ0n) is 14.3. The van der Waals surface area contributed by atoms with Gasteiger partial charge in [-0.1, -0.05) is 62.1 Å². The van der Waals surface area contributed by atoms with Crippen LogP contribution in [0.25, 0.3) is 0 Å². The lowest BCUT2D eigenvalue weighted by Crippen LogP contribution is -2.25. The van der Waals surface area contributed by atoms with Crippen LogP contribution in [0.1, 0.15) is 56.9 Å². The van der Waals surface area contributed by atoms with Crippen molar-refractivity contribution in [3.05, 3.63) is 48.6 Å². The first-order valence-corrected chi connectivity index (χ1v) is 9.97. The van der Waals surface area contributed by atoms with Gasteiger partial charge in [0.15, 0.2) is 0 Å². The molecule has 0 unspecified atom stereocenters. The predicted octanol–water partition coefficient (Wildman–Crippen LogP) is 5.34. The molecule has 0 bridgehead atoms. The van der Waals surface area contributed by atoms with Gasteiger partial charge in [-0.05, 0) is 24.8 Å². The van der Waals surface area contributed by atoms with Crippen molar-refractivity contribution in [2.24, 2.45) is 0 Å². The molecule has 128 valence electrons. The molecular weight excluding hydrogens is 302 g/mol. The van der Waals surface area contributed by atoms with E-state index in [0.29, 0.717) is 6.42 Å². The molecule has 0 aliphatic carbocycles. The second-order valence-corrected chi connectivity index (χ2v) is 6.94. The number of carbonyl (C=O) groups excluding carboxylic acids is 1. The molecule has 1 N–H and O–H groups in total. The Balaban J connectivity index is 1.86.